The second kappa shape index (κ2) is 6.43. The average molecular weight is 326 g/mol. The zero-order valence-corrected chi connectivity index (χ0v) is 11.5. The molecule has 1 aromatic carbocycles. The molecule has 1 rings (SSSR count). The molecular formula is C12H15BrF3NO. The Hall–Kier alpha value is -0.750. The molecule has 2 N–H and O–H groups in total. The van der Waals surface area contributed by atoms with Gasteiger partial charge in [0.1, 0.15) is 0 Å². The maximum absolute atomic E-state index is 12.8. The summed E-state index contributed by atoms with van der Waals surface area (Å²) in [5.74, 6) is 0.107. The Bertz CT molecular complexity index is 395. The minimum absolute atomic E-state index is 0.0352. The third-order valence-corrected chi connectivity index (χ3v) is 3.04. The predicted molar refractivity (Wildman–Crippen MR) is 68.5 cm³/mol. The Labute approximate surface area is 112 Å². The van der Waals surface area contributed by atoms with Crippen LogP contribution in [0.3, 0.4) is 0 Å². The smallest absolute Gasteiger partial charge is 0.396 e. The number of hydrogen-bond acceptors (Lipinski definition) is 2. The van der Waals surface area contributed by atoms with E-state index in [2.05, 4.69) is 21.2 Å². The average Bonchev–Trinajstić information content (AvgIpc) is 2.25. The predicted octanol–water partition coefficient (Wildman–Crippen LogP) is 3.90. The van der Waals surface area contributed by atoms with Crippen LogP contribution in [0.1, 0.15) is 18.9 Å². The van der Waals surface area contributed by atoms with E-state index in [-0.39, 0.29) is 18.2 Å². The molecule has 0 aliphatic rings. The summed E-state index contributed by atoms with van der Waals surface area (Å²) < 4.78 is 38.9. The van der Waals surface area contributed by atoms with E-state index in [1.54, 1.807) is 0 Å². The summed E-state index contributed by atoms with van der Waals surface area (Å²) in [5, 5.41) is 11.5. The molecule has 18 heavy (non-hydrogen) atoms. The van der Waals surface area contributed by atoms with Crippen LogP contribution in [0.15, 0.2) is 22.7 Å². The van der Waals surface area contributed by atoms with Gasteiger partial charge in [-0.05, 0) is 30.5 Å². The largest absolute Gasteiger partial charge is 0.418 e. The van der Waals surface area contributed by atoms with Crippen molar-refractivity contribution in [3.63, 3.8) is 0 Å². The number of aliphatic hydroxyl groups excluding tert-OH is 1. The number of anilines is 1. The van der Waals surface area contributed by atoms with Crippen LogP contribution in [0, 0.1) is 5.92 Å². The summed E-state index contributed by atoms with van der Waals surface area (Å²) >= 11 is 3.15. The van der Waals surface area contributed by atoms with Gasteiger partial charge in [-0.3, -0.25) is 0 Å². The van der Waals surface area contributed by atoms with Gasteiger partial charge < -0.3 is 10.4 Å². The SMILES string of the molecule is CC(CCO)CNc1cc(Br)ccc1C(F)(F)F. The van der Waals surface area contributed by atoms with E-state index >= 15 is 0 Å². The molecule has 0 spiro atoms. The summed E-state index contributed by atoms with van der Waals surface area (Å²) in [5.41, 5.74) is -0.622. The van der Waals surface area contributed by atoms with E-state index in [0.29, 0.717) is 17.4 Å². The summed E-state index contributed by atoms with van der Waals surface area (Å²) in [7, 11) is 0. The molecule has 1 atom stereocenters. The number of halogens is 4. The lowest BCUT2D eigenvalue weighted by Gasteiger charge is -2.17. The molecule has 0 fully saturated rings. The maximum atomic E-state index is 12.8. The van der Waals surface area contributed by atoms with Gasteiger partial charge in [0, 0.05) is 23.3 Å². The van der Waals surface area contributed by atoms with Gasteiger partial charge in [0.05, 0.1) is 5.56 Å². The first kappa shape index (κ1) is 15.3. The van der Waals surface area contributed by atoms with Gasteiger partial charge in [-0.25, -0.2) is 0 Å². The lowest BCUT2D eigenvalue weighted by Crippen LogP contribution is -2.16. The van der Waals surface area contributed by atoms with E-state index in [1.807, 2.05) is 6.92 Å². The molecule has 1 aromatic rings. The van der Waals surface area contributed by atoms with Crippen molar-refractivity contribution in [1.82, 2.24) is 0 Å². The minimum Gasteiger partial charge on any atom is -0.396 e. The number of benzene rings is 1. The molecule has 0 aromatic heterocycles. The number of aliphatic hydroxyl groups is 1. The molecule has 0 saturated carbocycles. The third-order valence-electron chi connectivity index (χ3n) is 2.55. The van der Waals surface area contributed by atoms with Crippen LogP contribution < -0.4 is 5.32 Å². The van der Waals surface area contributed by atoms with E-state index in [4.69, 9.17) is 5.11 Å². The fraction of sp³-hybridized carbons (Fsp3) is 0.500. The lowest BCUT2D eigenvalue weighted by atomic mass is 10.1. The van der Waals surface area contributed by atoms with Crippen molar-refractivity contribution in [1.29, 1.82) is 0 Å². The van der Waals surface area contributed by atoms with Crippen LogP contribution in [0.5, 0.6) is 0 Å². The number of rotatable bonds is 5. The van der Waals surface area contributed by atoms with E-state index in [9.17, 15) is 13.2 Å². The zero-order valence-electron chi connectivity index (χ0n) is 9.89. The summed E-state index contributed by atoms with van der Waals surface area (Å²) in [6, 6.07) is 3.82. The lowest BCUT2D eigenvalue weighted by molar-refractivity contribution is -0.137. The van der Waals surface area contributed by atoms with Gasteiger partial charge >= 0.3 is 6.18 Å². The fourth-order valence-electron chi connectivity index (χ4n) is 1.52. The molecule has 0 bridgehead atoms. The Morgan fingerprint density at radius 1 is 1.39 bits per heavy atom. The van der Waals surface area contributed by atoms with Gasteiger partial charge in [-0.15, -0.1) is 0 Å². The molecule has 0 aliphatic carbocycles. The maximum Gasteiger partial charge on any atom is 0.418 e. The van der Waals surface area contributed by atoms with E-state index in [0.717, 1.165) is 6.07 Å². The summed E-state index contributed by atoms with van der Waals surface area (Å²) in [4.78, 5) is 0. The van der Waals surface area contributed by atoms with E-state index < -0.39 is 11.7 Å². The number of hydrogen-bond donors (Lipinski definition) is 2. The Kier molecular flexibility index (Phi) is 5.47. The first-order valence-electron chi connectivity index (χ1n) is 5.56. The number of nitrogens with one attached hydrogen (secondary N) is 1. The van der Waals surface area contributed by atoms with Gasteiger partial charge in [0.25, 0.3) is 0 Å². The highest BCUT2D eigenvalue weighted by Crippen LogP contribution is 2.36. The topological polar surface area (TPSA) is 32.3 Å². The zero-order chi connectivity index (χ0) is 13.8. The Morgan fingerprint density at radius 3 is 2.61 bits per heavy atom. The minimum atomic E-state index is -4.37. The highest BCUT2D eigenvalue weighted by atomic mass is 79.9. The molecule has 0 amide bonds. The first-order valence-corrected chi connectivity index (χ1v) is 6.35. The summed E-state index contributed by atoms with van der Waals surface area (Å²) in [6.07, 6.45) is -3.81. The van der Waals surface area contributed by atoms with Crippen LogP contribution in [0.4, 0.5) is 18.9 Å². The van der Waals surface area contributed by atoms with Crippen LogP contribution in [-0.4, -0.2) is 18.3 Å². The van der Waals surface area contributed by atoms with Crippen molar-refractivity contribution < 1.29 is 18.3 Å². The van der Waals surface area contributed by atoms with Gasteiger partial charge in [-0.2, -0.15) is 13.2 Å². The quantitative estimate of drug-likeness (QED) is 0.860. The monoisotopic (exact) mass is 325 g/mol. The molecular weight excluding hydrogens is 311 g/mol. The molecule has 0 radical (unpaired) electrons. The molecule has 0 aliphatic heterocycles. The highest BCUT2D eigenvalue weighted by molar-refractivity contribution is 9.10. The van der Waals surface area contributed by atoms with Crippen molar-refractivity contribution in [2.24, 2.45) is 5.92 Å². The standard InChI is InChI=1S/C12H15BrF3NO/c1-8(4-5-18)7-17-11-6-9(13)2-3-10(11)12(14,15)16/h2-3,6,8,17-18H,4-5,7H2,1H3. The van der Waals surface area contributed by atoms with Crippen molar-refractivity contribution in [2.45, 2.75) is 19.5 Å². The second-order valence-corrected chi connectivity index (χ2v) is 5.10. The highest BCUT2D eigenvalue weighted by Gasteiger charge is 2.33. The van der Waals surface area contributed by atoms with Crippen LogP contribution >= 0.6 is 15.9 Å². The molecule has 1 unspecified atom stereocenters. The molecule has 102 valence electrons. The van der Waals surface area contributed by atoms with Crippen molar-refractivity contribution in [3.05, 3.63) is 28.2 Å². The Balaban J connectivity index is 2.83. The fourth-order valence-corrected chi connectivity index (χ4v) is 1.88. The van der Waals surface area contributed by atoms with Crippen LogP contribution in [-0.2, 0) is 6.18 Å². The normalized spacial score (nSPS) is 13.4. The number of alkyl halides is 3. The third kappa shape index (κ3) is 4.49. The van der Waals surface area contributed by atoms with Gasteiger partial charge in [0.15, 0.2) is 0 Å². The molecule has 0 saturated heterocycles. The second-order valence-electron chi connectivity index (χ2n) is 4.19. The van der Waals surface area contributed by atoms with Gasteiger partial charge in [-0.1, -0.05) is 22.9 Å². The van der Waals surface area contributed by atoms with Crippen LogP contribution in [0.2, 0.25) is 0 Å². The Morgan fingerprint density at radius 2 is 2.06 bits per heavy atom. The molecule has 6 heteroatoms. The van der Waals surface area contributed by atoms with E-state index in [1.165, 1.54) is 12.1 Å². The molecule has 2 nitrogen and oxygen atoms in total. The van der Waals surface area contributed by atoms with Crippen LogP contribution in [0.25, 0.3) is 0 Å². The first-order chi connectivity index (χ1) is 8.34. The van der Waals surface area contributed by atoms with Gasteiger partial charge in [0.2, 0.25) is 0 Å². The van der Waals surface area contributed by atoms with Crippen molar-refractivity contribution in [3.8, 4) is 0 Å². The van der Waals surface area contributed by atoms with Crippen molar-refractivity contribution >= 4 is 21.6 Å². The summed E-state index contributed by atoms with van der Waals surface area (Å²) in [6.45, 7) is 2.29. The molecule has 0 heterocycles. The van der Waals surface area contributed by atoms with Crippen molar-refractivity contribution in [2.75, 3.05) is 18.5 Å².